The molecule has 2 rings (SSSR count). The third-order valence-corrected chi connectivity index (χ3v) is 5.69. The van der Waals surface area contributed by atoms with Gasteiger partial charge in [-0.15, -0.1) is 0 Å². The summed E-state index contributed by atoms with van der Waals surface area (Å²) in [7, 11) is -8.17. The first-order chi connectivity index (χ1) is 12.2. The summed E-state index contributed by atoms with van der Waals surface area (Å²) in [4.78, 5) is 23.1. The van der Waals surface area contributed by atoms with E-state index in [1.54, 1.807) is 21.6 Å². The number of amides is 2. The Balaban J connectivity index is 2.01. The van der Waals surface area contributed by atoms with Gasteiger partial charge in [0.15, 0.2) is 0 Å². The standard InChI is InChI=1S/C16H14N2O6S2/c19-15(17-25(21,22)13-7-3-1-4-8-13)11-12-16(20)18-26(23,24)14-9-5-2-6-10-14/h1-12H,(H,17,19)(H,18,20)/b12-11+. The van der Waals surface area contributed by atoms with Crippen LogP contribution < -0.4 is 9.44 Å². The fourth-order valence-electron chi connectivity index (χ4n) is 1.80. The van der Waals surface area contributed by atoms with E-state index >= 15 is 0 Å². The van der Waals surface area contributed by atoms with Gasteiger partial charge in [0.25, 0.3) is 31.9 Å². The first kappa shape index (κ1) is 19.3. The second-order valence-electron chi connectivity index (χ2n) is 4.90. The lowest BCUT2D eigenvalue weighted by Crippen LogP contribution is -2.31. The van der Waals surface area contributed by atoms with Gasteiger partial charge in [-0.1, -0.05) is 36.4 Å². The van der Waals surface area contributed by atoms with E-state index in [9.17, 15) is 26.4 Å². The van der Waals surface area contributed by atoms with Crippen LogP contribution in [0.4, 0.5) is 0 Å². The van der Waals surface area contributed by atoms with Crippen molar-refractivity contribution in [2.24, 2.45) is 0 Å². The summed E-state index contributed by atoms with van der Waals surface area (Å²) in [5.74, 6) is -2.19. The molecule has 0 aliphatic heterocycles. The van der Waals surface area contributed by atoms with Crippen LogP contribution in [0.2, 0.25) is 0 Å². The van der Waals surface area contributed by atoms with E-state index in [0.29, 0.717) is 12.2 Å². The topological polar surface area (TPSA) is 126 Å². The summed E-state index contributed by atoms with van der Waals surface area (Å²) in [6, 6.07) is 14.3. The van der Waals surface area contributed by atoms with Crippen molar-refractivity contribution < 1.29 is 26.4 Å². The first-order valence-electron chi connectivity index (χ1n) is 7.12. The molecule has 0 heterocycles. The molecule has 0 saturated heterocycles. The third-order valence-electron chi connectivity index (χ3n) is 2.96. The van der Waals surface area contributed by atoms with Gasteiger partial charge in [-0.2, -0.15) is 0 Å². The average molecular weight is 394 g/mol. The zero-order valence-electron chi connectivity index (χ0n) is 13.2. The quantitative estimate of drug-likeness (QED) is 0.689. The maximum atomic E-state index is 11.9. The van der Waals surface area contributed by atoms with Crippen molar-refractivity contribution in [2.75, 3.05) is 0 Å². The van der Waals surface area contributed by atoms with Crippen LogP contribution in [0.5, 0.6) is 0 Å². The van der Waals surface area contributed by atoms with Gasteiger partial charge < -0.3 is 0 Å². The van der Waals surface area contributed by atoms with Gasteiger partial charge in [0, 0.05) is 12.2 Å². The summed E-state index contributed by atoms with van der Waals surface area (Å²) >= 11 is 0. The van der Waals surface area contributed by atoms with Crippen molar-refractivity contribution in [3.05, 3.63) is 72.8 Å². The fourth-order valence-corrected chi connectivity index (χ4v) is 3.73. The van der Waals surface area contributed by atoms with Gasteiger partial charge in [-0.3, -0.25) is 9.59 Å². The molecule has 10 heteroatoms. The Morgan fingerprint density at radius 3 is 1.23 bits per heavy atom. The number of nitrogens with one attached hydrogen (secondary N) is 2. The van der Waals surface area contributed by atoms with E-state index in [2.05, 4.69) is 0 Å². The zero-order chi connectivity index (χ0) is 19.2. The van der Waals surface area contributed by atoms with E-state index in [-0.39, 0.29) is 9.79 Å². The maximum Gasteiger partial charge on any atom is 0.264 e. The molecule has 0 aliphatic carbocycles. The number of sulfonamides is 2. The Hall–Kier alpha value is -2.98. The molecule has 0 aliphatic rings. The minimum Gasteiger partial charge on any atom is -0.269 e. The number of hydrogen-bond acceptors (Lipinski definition) is 6. The molecule has 0 aromatic heterocycles. The molecule has 2 amide bonds. The molecule has 0 atom stereocenters. The highest BCUT2D eigenvalue weighted by Gasteiger charge is 2.17. The van der Waals surface area contributed by atoms with Crippen LogP contribution in [0.25, 0.3) is 0 Å². The third kappa shape index (κ3) is 5.26. The van der Waals surface area contributed by atoms with Gasteiger partial charge >= 0.3 is 0 Å². The molecule has 0 radical (unpaired) electrons. The zero-order valence-corrected chi connectivity index (χ0v) is 14.8. The Morgan fingerprint density at radius 2 is 0.923 bits per heavy atom. The highest BCUT2D eigenvalue weighted by Crippen LogP contribution is 2.08. The van der Waals surface area contributed by atoms with Gasteiger partial charge in [0.2, 0.25) is 0 Å². The lowest BCUT2D eigenvalue weighted by molar-refractivity contribution is -0.117. The smallest absolute Gasteiger partial charge is 0.264 e. The van der Waals surface area contributed by atoms with E-state index in [0.717, 1.165) is 0 Å². The highest BCUT2D eigenvalue weighted by molar-refractivity contribution is 7.90. The molecule has 8 nitrogen and oxygen atoms in total. The van der Waals surface area contributed by atoms with Crippen LogP contribution in [-0.4, -0.2) is 28.6 Å². The molecule has 2 aromatic rings. The Kier molecular flexibility index (Phi) is 5.90. The molecule has 2 aromatic carbocycles. The predicted molar refractivity (Wildman–Crippen MR) is 92.7 cm³/mol. The van der Waals surface area contributed by atoms with Gasteiger partial charge in [0.05, 0.1) is 9.79 Å². The van der Waals surface area contributed by atoms with E-state index < -0.39 is 31.9 Å². The average Bonchev–Trinajstić information content (AvgIpc) is 2.61. The molecule has 0 spiro atoms. The number of hydrogen-bond donors (Lipinski definition) is 2. The number of benzene rings is 2. The molecule has 0 saturated carbocycles. The Bertz CT molecular complexity index is 945. The van der Waals surface area contributed by atoms with Gasteiger partial charge in [-0.25, -0.2) is 26.3 Å². The molecular weight excluding hydrogens is 380 g/mol. The minimum absolute atomic E-state index is 0.127. The highest BCUT2D eigenvalue weighted by atomic mass is 32.2. The molecule has 26 heavy (non-hydrogen) atoms. The molecule has 0 fully saturated rings. The first-order valence-corrected chi connectivity index (χ1v) is 10.1. The normalized spacial score (nSPS) is 11.8. The van der Waals surface area contributed by atoms with Crippen molar-refractivity contribution >= 4 is 31.9 Å². The molecular formula is C16H14N2O6S2. The summed E-state index contributed by atoms with van der Waals surface area (Å²) in [5.41, 5.74) is 0. The van der Waals surface area contributed by atoms with Crippen molar-refractivity contribution in [2.45, 2.75) is 9.79 Å². The summed E-state index contributed by atoms with van der Waals surface area (Å²) in [6.07, 6.45) is 1.24. The van der Waals surface area contributed by atoms with Crippen molar-refractivity contribution in [1.82, 2.24) is 9.44 Å². The summed E-state index contributed by atoms with van der Waals surface area (Å²) in [5, 5.41) is 0. The number of carbonyl (C=O) groups excluding carboxylic acids is 2. The molecule has 0 bridgehead atoms. The van der Waals surface area contributed by atoms with Gasteiger partial charge in [0.1, 0.15) is 0 Å². The van der Waals surface area contributed by atoms with Gasteiger partial charge in [-0.05, 0) is 24.3 Å². The lowest BCUT2D eigenvalue weighted by atomic mass is 10.4. The number of carbonyl (C=O) groups is 2. The van der Waals surface area contributed by atoms with Crippen LogP contribution in [0.1, 0.15) is 0 Å². The predicted octanol–water partition coefficient (Wildman–Crippen LogP) is 0.553. The van der Waals surface area contributed by atoms with Crippen LogP contribution >= 0.6 is 0 Å². The monoisotopic (exact) mass is 394 g/mol. The SMILES string of the molecule is O=C(/C=C/C(=O)NS(=O)(=O)c1ccccc1)NS(=O)(=O)c1ccccc1. The van der Waals surface area contributed by atoms with Crippen LogP contribution in [-0.2, 0) is 29.6 Å². The van der Waals surface area contributed by atoms with Crippen molar-refractivity contribution in [1.29, 1.82) is 0 Å². The number of rotatable bonds is 6. The Morgan fingerprint density at radius 1 is 0.615 bits per heavy atom. The fraction of sp³-hybridized carbons (Fsp3) is 0. The second kappa shape index (κ2) is 7.93. The molecule has 2 N–H and O–H groups in total. The van der Waals surface area contributed by atoms with Crippen LogP contribution in [0.3, 0.4) is 0 Å². The van der Waals surface area contributed by atoms with Crippen molar-refractivity contribution in [3.63, 3.8) is 0 Å². The minimum atomic E-state index is -4.09. The van der Waals surface area contributed by atoms with Crippen molar-refractivity contribution in [3.8, 4) is 0 Å². The van der Waals surface area contributed by atoms with Crippen LogP contribution in [0, 0.1) is 0 Å². The second-order valence-corrected chi connectivity index (χ2v) is 8.26. The van der Waals surface area contributed by atoms with Crippen LogP contribution in [0.15, 0.2) is 82.6 Å². The molecule has 136 valence electrons. The lowest BCUT2D eigenvalue weighted by Gasteiger charge is -2.05. The summed E-state index contributed by atoms with van der Waals surface area (Å²) in [6.45, 7) is 0. The summed E-state index contributed by atoms with van der Waals surface area (Å²) < 4.78 is 51.2. The van der Waals surface area contributed by atoms with E-state index in [4.69, 9.17) is 0 Å². The van der Waals surface area contributed by atoms with E-state index in [1.165, 1.54) is 48.5 Å². The maximum absolute atomic E-state index is 11.9. The molecule has 0 unspecified atom stereocenters. The Labute approximate surface area is 150 Å². The largest absolute Gasteiger partial charge is 0.269 e. The van der Waals surface area contributed by atoms with E-state index in [1.807, 2.05) is 0 Å².